The molecule has 2 atom stereocenters. The van der Waals surface area contributed by atoms with Gasteiger partial charge in [-0.3, -0.25) is 4.79 Å². The molecule has 0 saturated heterocycles. The van der Waals surface area contributed by atoms with Gasteiger partial charge in [0.25, 0.3) is 0 Å². The van der Waals surface area contributed by atoms with Gasteiger partial charge in [0, 0.05) is 29.3 Å². The Balaban J connectivity index is 0.000000239. The number of carboxylic acids is 1. The summed E-state index contributed by atoms with van der Waals surface area (Å²) >= 11 is 0. The van der Waals surface area contributed by atoms with Crippen molar-refractivity contribution in [3.05, 3.63) is 76.9 Å². The molecule has 43 heavy (non-hydrogen) atoms. The highest BCUT2D eigenvalue weighted by atomic mass is 16.5. The van der Waals surface area contributed by atoms with Gasteiger partial charge in [-0.15, -0.1) is 0 Å². The van der Waals surface area contributed by atoms with Gasteiger partial charge in [0.2, 0.25) is 0 Å². The summed E-state index contributed by atoms with van der Waals surface area (Å²) < 4.78 is 33.8. The van der Waals surface area contributed by atoms with Crippen LogP contribution in [0.25, 0.3) is 12.2 Å². The second-order valence-corrected chi connectivity index (χ2v) is 10.5. The molecule has 224 valence electrons. The topological polar surface area (TPSA) is 130 Å². The highest BCUT2D eigenvalue weighted by Crippen LogP contribution is 2.52. The van der Waals surface area contributed by atoms with Gasteiger partial charge in [-0.05, 0) is 44.2 Å². The van der Waals surface area contributed by atoms with Gasteiger partial charge in [0.05, 0.1) is 32.8 Å². The molecule has 0 spiro atoms. The second-order valence-electron chi connectivity index (χ2n) is 10.5. The lowest BCUT2D eigenvalue weighted by Crippen LogP contribution is -2.43. The van der Waals surface area contributed by atoms with E-state index in [0.29, 0.717) is 45.6 Å². The SMILES string of the molecule is COc1cc2c(cc1OC)C1C(=O)c3c(O)cc4c(c3OC1CO2)C=CC(C)(C)O4.COc1ccccc1C=CC(=O)O. The monoisotopic (exact) mass is 588 g/mol. The average molecular weight is 589 g/mol. The third-order valence-electron chi connectivity index (χ3n) is 7.25. The van der Waals surface area contributed by atoms with Crippen LogP contribution in [0.15, 0.2) is 54.6 Å². The Labute approximate surface area is 248 Å². The number of rotatable bonds is 5. The standard InChI is InChI=1S/C23H22O7.C10H10O3/c1-23(2)6-5-11-15(30-23)8-13(24)20-21(25)19-12-7-16(26-3)17(27-4)9-14(12)28-10-18(19)29-22(11)20;1-13-9-5-3-2-4-8(9)6-7-10(11)12/h5-9,18-19,24H,10H2,1-4H3;2-7H,1H3,(H,11,12). The molecule has 10 nitrogen and oxygen atoms in total. The highest BCUT2D eigenvalue weighted by Gasteiger charge is 2.46. The lowest BCUT2D eigenvalue weighted by molar-refractivity contribution is -0.131. The normalized spacial score (nSPS) is 18.7. The van der Waals surface area contributed by atoms with Crippen LogP contribution in [0.4, 0.5) is 0 Å². The van der Waals surface area contributed by atoms with Crippen LogP contribution in [-0.2, 0) is 4.79 Å². The van der Waals surface area contributed by atoms with Crippen molar-refractivity contribution in [1.29, 1.82) is 0 Å². The van der Waals surface area contributed by atoms with E-state index in [2.05, 4.69) is 0 Å². The lowest BCUT2D eigenvalue weighted by Gasteiger charge is -2.39. The van der Waals surface area contributed by atoms with Crippen molar-refractivity contribution in [2.45, 2.75) is 31.5 Å². The molecule has 3 aliphatic rings. The van der Waals surface area contributed by atoms with Crippen molar-refractivity contribution >= 4 is 23.9 Å². The predicted octanol–water partition coefficient (Wildman–Crippen LogP) is 5.51. The number of benzene rings is 3. The van der Waals surface area contributed by atoms with E-state index in [1.807, 2.05) is 38.1 Å². The van der Waals surface area contributed by atoms with Crippen molar-refractivity contribution in [2.24, 2.45) is 0 Å². The van der Waals surface area contributed by atoms with E-state index in [9.17, 15) is 14.7 Å². The van der Waals surface area contributed by atoms with E-state index in [0.717, 1.165) is 11.6 Å². The van der Waals surface area contributed by atoms with E-state index in [1.165, 1.54) is 19.3 Å². The summed E-state index contributed by atoms with van der Waals surface area (Å²) in [6, 6.07) is 12.1. The predicted molar refractivity (Wildman–Crippen MR) is 158 cm³/mol. The fourth-order valence-corrected chi connectivity index (χ4v) is 5.24. The molecule has 0 bridgehead atoms. The molecule has 3 aliphatic heterocycles. The van der Waals surface area contributed by atoms with Crippen LogP contribution in [0.3, 0.4) is 0 Å². The Hall–Kier alpha value is -5.12. The number of para-hydroxylation sites is 1. The molecule has 2 unspecified atom stereocenters. The van der Waals surface area contributed by atoms with E-state index in [4.69, 9.17) is 33.5 Å². The molecule has 0 aliphatic carbocycles. The summed E-state index contributed by atoms with van der Waals surface area (Å²) in [6.07, 6.45) is 5.82. The van der Waals surface area contributed by atoms with E-state index in [-0.39, 0.29) is 23.7 Å². The van der Waals surface area contributed by atoms with Gasteiger partial charge >= 0.3 is 5.97 Å². The summed E-state index contributed by atoms with van der Waals surface area (Å²) in [5, 5.41) is 19.1. The lowest BCUT2D eigenvalue weighted by atomic mass is 9.80. The van der Waals surface area contributed by atoms with E-state index < -0.39 is 23.6 Å². The van der Waals surface area contributed by atoms with E-state index in [1.54, 1.807) is 38.5 Å². The third kappa shape index (κ3) is 5.68. The number of phenols is 1. The summed E-state index contributed by atoms with van der Waals surface area (Å²) in [5.41, 5.74) is 1.69. The number of aromatic hydroxyl groups is 1. The van der Waals surface area contributed by atoms with Crippen LogP contribution in [0.5, 0.6) is 40.2 Å². The summed E-state index contributed by atoms with van der Waals surface area (Å²) in [7, 11) is 4.62. The number of hydrogen-bond acceptors (Lipinski definition) is 9. The smallest absolute Gasteiger partial charge is 0.328 e. The number of carboxylic acid groups (broad SMARTS) is 1. The van der Waals surface area contributed by atoms with Crippen LogP contribution in [0, 0.1) is 0 Å². The number of fused-ring (bicyclic) bond motifs is 6. The fourth-order valence-electron chi connectivity index (χ4n) is 5.24. The minimum Gasteiger partial charge on any atom is -0.507 e. The summed E-state index contributed by atoms with van der Waals surface area (Å²) in [6.45, 7) is 4.02. The molecule has 0 radical (unpaired) electrons. The number of carbonyl (C=O) groups excluding carboxylic acids is 1. The zero-order valence-electron chi connectivity index (χ0n) is 24.4. The first kappa shape index (κ1) is 29.4. The van der Waals surface area contributed by atoms with Crippen molar-refractivity contribution in [3.8, 4) is 40.2 Å². The molecule has 0 amide bonds. The molecule has 6 rings (SSSR count). The van der Waals surface area contributed by atoms with Gasteiger partial charge in [-0.25, -0.2) is 4.79 Å². The quantitative estimate of drug-likeness (QED) is 0.368. The Morgan fingerprint density at radius 3 is 2.40 bits per heavy atom. The Bertz CT molecular complexity index is 1640. The van der Waals surface area contributed by atoms with Gasteiger partial charge in [-0.2, -0.15) is 0 Å². The van der Waals surface area contributed by atoms with Gasteiger partial charge in [0.15, 0.2) is 17.3 Å². The molecular formula is C33H32O10. The average Bonchev–Trinajstić information content (AvgIpc) is 2.98. The number of ketones is 1. The number of aliphatic carboxylic acids is 1. The summed E-state index contributed by atoms with van der Waals surface area (Å²) in [4.78, 5) is 23.8. The largest absolute Gasteiger partial charge is 0.507 e. The van der Waals surface area contributed by atoms with Gasteiger partial charge in [0.1, 0.15) is 52.6 Å². The Kier molecular flexibility index (Phi) is 7.95. The van der Waals surface area contributed by atoms with Crippen molar-refractivity contribution in [3.63, 3.8) is 0 Å². The zero-order valence-corrected chi connectivity index (χ0v) is 24.4. The van der Waals surface area contributed by atoms with Gasteiger partial charge < -0.3 is 38.6 Å². The maximum Gasteiger partial charge on any atom is 0.328 e. The van der Waals surface area contributed by atoms with Crippen LogP contribution in [0.2, 0.25) is 0 Å². The minimum absolute atomic E-state index is 0.158. The van der Waals surface area contributed by atoms with Crippen LogP contribution < -0.4 is 28.4 Å². The molecule has 3 aromatic carbocycles. The number of methoxy groups -OCH3 is 3. The molecular weight excluding hydrogens is 556 g/mol. The van der Waals surface area contributed by atoms with Gasteiger partial charge in [-0.1, -0.05) is 18.2 Å². The molecule has 10 heteroatoms. The first-order chi connectivity index (χ1) is 20.6. The highest BCUT2D eigenvalue weighted by molar-refractivity contribution is 6.08. The molecule has 3 heterocycles. The van der Waals surface area contributed by atoms with E-state index >= 15 is 0 Å². The number of Topliss-reactive ketones (excluding diaryl/α,β-unsaturated/α-hetero) is 1. The van der Waals surface area contributed by atoms with Crippen molar-refractivity contribution < 1.29 is 48.2 Å². The third-order valence-corrected chi connectivity index (χ3v) is 7.25. The second kappa shape index (κ2) is 11.6. The van der Waals surface area contributed by atoms with Crippen LogP contribution in [-0.4, -0.2) is 61.6 Å². The minimum atomic E-state index is -0.967. The number of phenolic OH excluding ortho intramolecular Hbond substituents is 1. The Morgan fingerprint density at radius 2 is 1.70 bits per heavy atom. The summed E-state index contributed by atoms with van der Waals surface area (Å²) in [5.74, 6) is 1.04. The van der Waals surface area contributed by atoms with Crippen molar-refractivity contribution in [2.75, 3.05) is 27.9 Å². The fraction of sp³-hybridized carbons (Fsp3) is 0.273. The number of ether oxygens (including phenoxy) is 6. The van der Waals surface area contributed by atoms with Crippen LogP contribution in [0.1, 0.15) is 46.8 Å². The number of carbonyl (C=O) groups is 2. The van der Waals surface area contributed by atoms with Crippen molar-refractivity contribution in [1.82, 2.24) is 0 Å². The zero-order chi connectivity index (χ0) is 30.9. The molecule has 0 aromatic heterocycles. The maximum absolute atomic E-state index is 13.6. The Morgan fingerprint density at radius 1 is 1.00 bits per heavy atom. The molecule has 3 aromatic rings. The molecule has 0 saturated carbocycles. The first-order valence-electron chi connectivity index (χ1n) is 13.5. The molecule has 0 fully saturated rings. The maximum atomic E-state index is 13.6. The first-order valence-corrected chi connectivity index (χ1v) is 13.5. The van der Waals surface area contributed by atoms with Crippen LogP contribution >= 0.6 is 0 Å². The number of hydrogen-bond donors (Lipinski definition) is 2. The molecule has 2 N–H and O–H groups in total.